The van der Waals surface area contributed by atoms with Gasteiger partial charge in [0, 0.05) is 29.9 Å². The van der Waals surface area contributed by atoms with Crippen LogP contribution in [0, 0.1) is 0 Å². The molecule has 0 fully saturated rings. The summed E-state index contributed by atoms with van der Waals surface area (Å²) in [7, 11) is 0. The highest BCUT2D eigenvalue weighted by molar-refractivity contribution is 5.77. The van der Waals surface area contributed by atoms with Crippen LogP contribution < -0.4 is 16.0 Å². The number of ether oxygens (including phenoxy) is 1. The molecule has 0 saturated carbocycles. The summed E-state index contributed by atoms with van der Waals surface area (Å²) in [6.45, 7) is 3.58. The summed E-state index contributed by atoms with van der Waals surface area (Å²) in [5.41, 5.74) is 4.92. The quantitative estimate of drug-likeness (QED) is 0.904. The third-order valence-electron chi connectivity index (χ3n) is 4.21. The number of rotatable bonds is 2. The topological polar surface area (TPSA) is 57.2 Å². The molecule has 25 heavy (non-hydrogen) atoms. The summed E-state index contributed by atoms with van der Waals surface area (Å²) in [5, 5.41) is 0. The minimum absolute atomic E-state index is 0.0410. The van der Waals surface area contributed by atoms with Crippen LogP contribution in [0.1, 0.15) is 25.0 Å². The van der Waals surface area contributed by atoms with Crippen molar-refractivity contribution in [2.75, 3.05) is 6.54 Å². The average molecular weight is 350 g/mol. The number of nitrogens with zero attached hydrogens (tertiary/aromatic N) is 1. The van der Waals surface area contributed by atoms with E-state index in [1.54, 1.807) is 26.0 Å². The summed E-state index contributed by atoms with van der Waals surface area (Å²) in [4.78, 5) is 12.3. The first-order valence-corrected chi connectivity index (χ1v) is 7.67. The first-order valence-electron chi connectivity index (χ1n) is 7.67. The van der Waals surface area contributed by atoms with Gasteiger partial charge in [0.25, 0.3) is 5.56 Å². The Hall–Kier alpha value is -2.54. The van der Waals surface area contributed by atoms with Gasteiger partial charge in [0.2, 0.25) is 0 Å². The summed E-state index contributed by atoms with van der Waals surface area (Å²) >= 11 is 0. The Balaban J connectivity index is 2.37. The van der Waals surface area contributed by atoms with Crippen molar-refractivity contribution in [2.24, 2.45) is 5.73 Å². The number of aromatic nitrogens is 1. The van der Waals surface area contributed by atoms with Gasteiger partial charge in [-0.15, -0.1) is 0 Å². The Morgan fingerprint density at radius 2 is 1.92 bits per heavy atom. The van der Waals surface area contributed by atoms with Crippen molar-refractivity contribution in [3.05, 3.63) is 69.6 Å². The van der Waals surface area contributed by atoms with Crippen molar-refractivity contribution in [3.8, 4) is 5.75 Å². The van der Waals surface area contributed by atoms with E-state index in [1.807, 2.05) is 0 Å². The smallest absolute Gasteiger partial charge is 0.416 e. The van der Waals surface area contributed by atoms with Gasteiger partial charge in [0.05, 0.1) is 11.3 Å². The van der Waals surface area contributed by atoms with E-state index in [9.17, 15) is 18.0 Å². The Morgan fingerprint density at radius 3 is 2.52 bits per heavy atom. The van der Waals surface area contributed by atoms with Gasteiger partial charge in [-0.05, 0) is 38.1 Å². The molecule has 4 nitrogen and oxygen atoms in total. The molecule has 0 radical (unpaired) electrons. The summed E-state index contributed by atoms with van der Waals surface area (Å²) in [5.74, 6) is 0.279. The maximum absolute atomic E-state index is 13.1. The Morgan fingerprint density at radius 1 is 1.20 bits per heavy atom. The average Bonchev–Trinajstić information content (AvgIpc) is 2.52. The molecule has 0 amide bonds. The molecule has 3 rings (SSSR count). The number of hydrogen-bond acceptors (Lipinski definition) is 3. The van der Waals surface area contributed by atoms with Crippen molar-refractivity contribution in [3.63, 3.8) is 0 Å². The van der Waals surface area contributed by atoms with Gasteiger partial charge >= 0.3 is 6.18 Å². The summed E-state index contributed by atoms with van der Waals surface area (Å²) in [6, 6.07) is 7.79. The maximum Gasteiger partial charge on any atom is 0.416 e. The number of halogens is 3. The van der Waals surface area contributed by atoms with E-state index in [-0.39, 0.29) is 23.4 Å². The zero-order chi connectivity index (χ0) is 18.4. The highest BCUT2D eigenvalue weighted by Crippen LogP contribution is 2.43. The summed E-state index contributed by atoms with van der Waals surface area (Å²) in [6.07, 6.45) is -2.99. The fourth-order valence-electron chi connectivity index (χ4n) is 2.99. The molecule has 0 saturated heterocycles. The van der Waals surface area contributed by atoms with Gasteiger partial charge in [0.1, 0.15) is 11.4 Å². The molecule has 0 aliphatic carbocycles. The molecule has 132 valence electrons. The van der Waals surface area contributed by atoms with E-state index in [4.69, 9.17) is 10.5 Å². The Labute approximate surface area is 142 Å². The first kappa shape index (κ1) is 17.3. The fourth-order valence-corrected chi connectivity index (χ4v) is 2.99. The molecule has 2 aromatic rings. The zero-order valence-corrected chi connectivity index (χ0v) is 13.7. The van der Waals surface area contributed by atoms with Gasteiger partial charge in [-0.3, -0.25) is 9.36 Å². The molecule has 0 atom stereocenters. The van der Waals surface area contributed by atoms with Crippen LogP contribution in [-0.2, 0) is 6.18 Å². The highest BCUT2D eigenvalue weighted by atomic mass is 19.4. The molecule has 1 aromatic heterocycles. The van der Waals surface area contributed by atoms with Crippen LogP contribution in [0.3, 0.4) is 0 Å². The van der Waals surface area contributed by atoms with Crippen LogP contribution in [0.4, 0.5) is 13.2 Å². The molecular formula is C18H17F3N2O2. The van der Waals surface area contributed by atoms with Crippen molar-refractivity contribution in [1.29, 1.82) is 0 Å². The lowest BCUT2D eigenvalue weighted by Gasteiger charge is -2.37. The van der Waals surface area contributed by atoms with Crippen molar-refractivity contribution < 1.29 is 17.9 Å². The first-order chi connectivity index (χ1) is 11.6. The minimum Gasteiger partial charge on any atom is -0.483 e. The number of nitrogens with two attached hydrogens (primary N) is 1. The van der Waals surface area contributed by atoms with E-state index in [0.29, 0.717) is 11.3 Å². The van der Waals surface area contributed by atoms with E-state index in [0.717, 1.165) is 12.1 Å². The molecular weight excluding hydrogens is 333 g/mol. The molecule has 7 heteroatoms. The van der Waals surface area contributed by atoms with Crippen molar-refractivity contribution in [2.45, 2.75) is 25.6 Å². The molecule has 2 N–H and O–H groups in total. The van der Waals surface area contributed by atoms with Crippen LogP contribution in [-0.4, -0.2) is 16.7 Å². The third-order valence-corrected chi connectivity index (χ3v) is 4.21. The number of benzene rings is 1. The molecule has 2 heterocycles. The van der Waals surface area contributed by atoms with Gasteiger partial charge in [0.15, 0.2) is 0 Å². The summed E-state index contributed by atoms with van der Waals surface area (Å²) < 4.78 is 46.6. The minimum atomic E-state index is -4.50. The van der Waals surface area contributed by atoms with Crippen molar-refractivity contribution >= 4 is 5.70 Å². The molecule has 0 bridgehead atoms. The van der Waals surface area contributed by atoms with E-state index in [2.05, 4.69) is 0 Å². The van der Waals surface area contributed by atoms with Gasteiger partial charge in [-0.1, -0.05) is 6.07 Å². The SMILES string of the molecule is CC1(C)Oc2ccc(C(F)(F)F)cc2C(n2ccccc2=O)=C1CN. The van der Waals surface area contributed by atoms with E-state index < -0.39 is 17.3 Å². The lowest BCUT2D eigenvalue weighted by molar-refractivity contribution is -0.137. The molecule has 0 unspecified atom stereocenters. The number of alkyl halides is 3. The second-order valence-electron chi connectivity index (χ2n) is 6.26. The van der Waals surface area contributed by atoms with Crippen LogP contribution in [0.2, 0.25) is 0 Å². The second kappa shape index (κ2) is 5.77. The Kier molecular flexibility index (Phi) is 3.99. The number of fused-ring (bicyclic) bond motifs is 1. The van der Waals surface area contributed by atoms with Gasteiger partial charge in [-0.25, -0.2) is 0 Å². The van der Waals surface area contributed by atoms with Crippen molar-refractivity contribution in [1.82, 2.24) is 4.57 Å². The van der Waals surface area contributed by atoms with Crippen LogP contribution in [0.25, 0.3) is 5.70 Å². The third kappa shape index (κ3) is 2.95. The van der Waals surface area contributed by atoms with E-state index in [1.165, 1.54) is 22.9 Å². The van der Waals surface area contributed by atoms with Crippen LogP contribution in [0.15, 0.2) is 53.0 Å². The highest BCUT2D eigenvalue weighted by Gasteiger charge is 2.38. The molecule has 0 spiro atoms. The number of pyridine rings is 1. The maximum atomic E-state index is 13.1. The molecule has 1 aromatic carbocycles. The lowest BCUT2D eigenvalue weighted by Crippen LogP contribution is -2.40. The second-order valence-corrected chi connectivity index (χ2v) is 6.26. The van der Waals surface area contributed by atoms with Gasteiger partial charge in [-0.2, -0.15) is 13.2 Å². The monoisotopic (exact) mass is 350 g/mol. The van der Waals surface area contributed by atoms with E-state index >= 15 is 0 Å². The standard InChI is InChI=1S/C18H17F3N2O2/c1-17(2)13(10-22)16(23-8-4-3-5-15(23)24)12-9-11(18(19,20)21)6-7-14(12)25-17/h3-9H,10,22H2,1-2H3. The lowest BCUT2D eigenvalue weighted by atomic mass is 9.88. The largest absolute Gasteiger partial charge is 0.483 e. The van der Waals surface area contributed by atoms with Gasteiger partial charge < -0.3 is 10.5 Å². The predicted octanol–water partition coefficient (Wildman–Crippen LogP) is 3.26. The zero-order valence-electron chi connectivity index (χ0n) is 13.7. The molecule has 1 aliphatic rings. The Bertz CT molecular complexity index is 911. The fraction of sp³-hybridized carbons (Fsp3) is 0.278. The van der Waals surface area contributed by atoms with Crippen LogP contribution >= 0.6 is 0 Å². The van der Waals surface area contributed by atoms with Crippen LogP contribution in [0.5, 0.6) is 5.75 Å². The molecule has 1 aliphatic heterocycles. The number of hydrogen-bond donors (Lipinski definition) is 1. The predicted molar refractivity (Wildman–Crippen MR) is 88.2 cm³/mol. The normalized spacial score (nSPS) is 16.4.